The summed E-state index contributed by atoms with van der Waals surface area (Å²) in [4.78, 5) is 0.177. The third kappa shape index (κ3) is 3.46. The zero-order chi connectivity index (χ0) is 14.8. The minimum atomic E-state index is -3.69. The van der Waals surface area contributed by atoms with E-state index in [1.165, 1.54) is 0 Å². The third-order valence-electron chi connectivity index (χ3n) is 2.95. The van der Waals surface area contributed by atoms with Crippen molar-refractivity contribution in [2.75, 3.05) is 6.61 Å². The molecule has 0 fully saturated rings. The summed E-state index contributed by atoms with van der Waals surface area (Å²) in [6.45, 7) is 6.20. The number of aryl methyl sites for hydroxylation is 3. The van der Waals surface area contributed by atoms with Crippen molar-refractivity contribution in [2.45, 2.75) is 32.2 Å². The highest BCUT2D eigenvalue weighted by Gasteiger charge is 2.14. The van der Waals surface area contributed by atoms with Crippen molar-refractivity contribution in [3.63, 3.8) is 0 Å². The normalized spacial score (nSPS) is 11.8. The first-order valence-corrected chi connectivity index (χ1v) is 7.76. The van der Waals surface area contributed by atoms with Gasteiger partial charge in [-0.15, -0.1) is 0 Å². The standard InChI is InChI=1S/C14H18N2O3S/c1-11-4-6-14(7-5-11)20(17,18)19-9-8-16-13(3)10-12(2)15-16/h4-7,10H,8-9H2,1-3H3. The lowest BCUT2D eigenvalue weighted by Gasteiger charge is -2.07. The molecule has 2 rings (SSSR count). The molecule has 1 aromatic heterocycles. The summed E-state index contributed by atoms with van der Waals surface area (Å²) in [7, 11) is -3.69. The fourth-order valence-corrected chi connectivity index (χ4v) is 2.81. The second kappa shape index (κ2) is 5.76. The summed E-state index contributed by atoms with van der Waals surface area (Å²) in [5.74, 6) is 0. The predicted octanol–water partition coefficient (Wildman–Crippen LogP) is 2.21. The number of rotatable bonds is 5. The largest absolute Gasteiger partial charge is 0.297 e. The van der Waals surface area contributed by atoms with E-state index in [9.17, 15) is 8.42 Å². The number of hydrogen-bond acceptors (Lipinski definition) is 4. The second-order valence-electron chi connectivity index (χ2n) is 4.74. The van der Waals surface area contributed by atoms with Crippen LogP contribution in [0.25, 0.3) is 0 Å². The van der Waals surface area contributed by atoms with Crippen molar-refractivity contribution >= 4 is 10.1 Å². The Morgan fingerprint density at radius 3 is 2.35 bits per heavy atom. The van der Waals surface area contributed by atoms with E-state index in [-0.39, 0.29) is 11.5 Å². The summed E-state index contributed by atoms with van der Waals surface area (Å²) < 4.78 is 30.7. The van der Waals surface area contributed by atoms with Crippen molar-refractivity contribution in [3.05, 3.63) is 47.3 Å². The molecule has 0 saturated heterocycles. The molecule has 0 bridgehead atoms. The van der Waals surface area contributed by atoms with E-state index in [4.69, 9.17) is 4.18 Å². The number of benzene rings is 1. The lowest BCUT2D eigenvalue weighted by molar-refractivity contribution is 0.292. The van der Waals surface area contributed by atoms with Crippen LogP contribution in [0.15, 0.2) is 35.2 Å². The van der Waals surface area contributed by atoms with Crippen LogP contribution in [-0.4, -0.2) is 24.8 Å². The van der Waals surface area contributed by atoms with Crippen LogP contribution in [0.5, 0.6) is 0 Å². The molecule has 0 aliphatic heterocycles. The lowest BCUT2D eigenvalue weighted by atomic mass is 10.2. The minimum absolute atomic E-state index is 0.0676. The molecule has 0 aliphatic carbocycles. The zero-order valence-electron chi connectivity index (χ0n) is 11.8. The van der Waals surface area contributed by atoms with Gasteiger partial charge in [-0.1, -0.05) is 17.7 Å². The van der Waals surface area contributed by atoms with Crippen LogP contribution < -0.4 is 0 Å². The average molecular weight is 294 g/mol. The molecule has 1 heterocycles. The first-order chi connectivity index (χ1) is 9.38. The molecule has 20 heavy (non-hydrogen) atoms. The summed E-state index contributed by atoms with van der Waals surface area (Å²) in [6, 6.07) is 8.53. The van der Waals surface area contributed by atoms with E-state index < -0.39 is 10.1 Å². The molecule has 6 heteroatoms. The van der Waals surface area contributed by atoms with Crippen molar-refractivity contribution < 1.29 is 12.6 Å². The SMILES string of the molecule is Cc1ccc(S(=O)(=O)OCCn2nc(C)cc2C)cc1. The maximum atomic E-state index is 12.0. The van der Waals surface area contributed by atoms with Crippen LogP contribution in [0.4, 0.5) is 0 Å². The summed E-state index contributed by atoms with van der Waals surface area (Å²) in [5.41, 5.74) is 2.90. The van der Waals surface area contributed by atoms with Crippen molar-refractivity contribution in [3.8, 4) is 0 Å². The van der Waals surface area contributed by atoms with Gasteiger partial charge >= 0.3 is 0 Å². The Balaban J connectivity index is 1.99. The molecule has 0 N–H and O–H groups in total. The first-order valence-electron chi connectivity index (χ1n) is 6.35. The Morgan fingerprint density at radius 2 is 1.80 bits per heavy atom. The number of aromatic nitrogens is 2. The van der Waals surface area contributed by atoms with E-state index >= 15 is 0 Å². The molecule has 1 aromatic carbocycles. The van der Waals surface area contributed by atoms with Gasteiger partial charge in [-0.05, 0) is 39.0 Å². The Kier molecular flexibility index (Phi) is 4.25. The van der Waals surface area contributed by atoms with Gasteiger partial charge in [0, 0.05) is 5.69 Å². The molecule has 2 aromatic rings. The smallest absolute Gasteiger partial charge is 0.267 e. The molecular weight excluding hydrogens is 276 g/mol. The molecule has 0 spiro atoms. The topological polar surface area (TPSA) is 61.2 Å². The molecule has 0 unspecified atom stereocenters. The summed E-state index contributed by atoms with van der Waals surface area (Å²) in [5, 5.41) is 4.26. The Bertz CT molecular complexity index is 688. The maximum Gasteiger partial charge on any atom is 0.297 e. The van der Waals surface area contributed by atoms with E-state index in [2.05, 4.69) is 5.10 Å². The van der Waals surface area contributed by atoms with Crippen molar-refractivity contribution in [1.29, 1.82) is 0 Å². The van der Waals surface area contributed by atoms with Gasteiger partial charge in [0.05, 0.1) is 23.7 Å². The van der Waals surface area contributed by atoms with Gasteiger partial charge in [-0.3, -0.25) is 8.86 Å². The summed E-state index contributed by atoms with van der Waals surface area (Å²) >= 11 is 0. The van der Waals surface area contributed by atoms with Crippen molar-refractivity contribution in [2.24, 2.45) is 0 Å². The van der Waals surface area contributed by atoms with Gasteiger partial charge in [0.2, 0.25) is 0 Å². The second-order valence-corrected chi connectivity index (χ2v) is 6.35. The fourth-order valence-electron chi connectivity index (χ4n) is 1.91. The van der Waals surface area contributed by atoms with E-state index in [1.54, 1.807) is 28.9 Å². The average Bonchev–Trinajstić information content (AvgIpc) is 2.68. The predicted molar refractivity (Wildman–Crippen MR) is 76.0 cm³/mol. The molecule has 5 nitrogen and oxygen atoms in total. The summed E-state index contributed by atoms with van der Waals surface area (Å²) in [6.07, 6.45) is 0. The van der Waals surface area contributed by atoms with Crippen LogP contribution in [0, 0.1) is 20.8 Å². The fraction of sp³-hybridized carbons (Fsp3) is 0.357. The molecule has 108 valence electrons. The Hall–Kier alpha value is -1.66. The highest BCUT2D eigenvalue weighted by atomic mass is 32.2. The van der Waals surface area contributed by atoms with Crippen LogP contribution in [-0.2, 0) is 20.8 Å². The molecular formula is C14H18N2O3S. The van der Waals surface area contributed by atoms with E-state index in [0.717, 1.165) is 17.0 Å². The van der Waals surface area contributed by atoms with Crippen molar-refractivity contribution in [1.82, 2.24) is 9.78 Å². The highest BCUT2D eigenvalue weighted by Crippen LogP contribution is 2.13. The van der Waals surface area contributed by atoms with Crippen LogP contribution in [0.2, 0.25) is 0 Å². The number of nitrogens with zero attached hydrogens (tertiary/aromatic N) is 2. The minimum Gasteiger partial charge on any atom is -0.267 e. The van der Waals surface area contributed by atoms with Gasteiger partial charge in [-0.2, -0.15) is 13.5 Å². The van der Waals surface area contributed by atoms with Gasteiger partial charge in [-0.25, -0.2) is 0 Å². The monoisotopic (exact) mass is 294 g/mol. The third-order valence-corrected chi connectivity index (χ3v) is 4.28. The maximum absolute atomic E-state index is 12.0. The van der Waals surface area contributed by atoms with Crippen LogP contribution in [0.3, 0.4) is 0 Å². The molecule has 0 amide bonds. The van der Waals surface area contributed by atoms with Gasteiger partial charge in [0.25, 0.3) is 10.1 Å². The van der Waals surface area contributed by atoms with Crippen LogP contribution >= 0.6 is 0 Å². The lowest BCUT2D eigenvalue weighted by Crippen LogP contribution is -2.13. The van der Waals surface area contributed by atoms with Crippen LogP contribution in [0.1, 0.15) is 17.0 Å². The van der Waals surface area contributed by atoms with E-state index in [0.29, 0.717) is 6.54 Å². The van der Waals surface area contributed by atoms with Gasteiger partial charge < -0.3 is 0 Å². The quantitative estimate of drug-likeness (QED) is 0.793. The van der Waals surface area contributed by atoms with Gasteiger partial charge in [0.15, 0.2) is 0 Å². The number of hydrogen-bond donors (Lipinski definition) is 0. The highest BCUT2D eigenvalue weighted by molar-refractivity contribution is 7.86. The molecule has 0 radical (unpaired) electrons. The Morgan fingerprint density at radius 1 is 1.15 bits per heavy atom. The first kappa shape index (κ1) is 14.7. The molecule has 0 aliphatic rings. The molecule has 0 saturated carbocycles. The molecule has 0 atom stereocenters. The van der Waals surface area contributed by atoms with E-state index in [1.807, 2.05) is 26.8 Å². The van der Waals surface area contributed by atoms with Gasteiger partial charge in [0.1, 0.15) is 0 Å². The Labute approximate surface area is 119 Å². The zero-order valence-corrected chi connectivity index (χ0v) is 12.6.